The van der Waals surface area contributed by atoms with Crippen molar-refractivity contribution in [1.29, 1.82) is 5.26 Å². The summed E-state index contributed by atoms with van der Waals surface area (Å²) in [4.78, 5) is 15.7. The molecule has 152 valence electrons. The van der Waals surface area contributed by atoms with E-state index < -0.39 is 5.91 Å². The standard InChI is InChI=1S/C24H23N3O3/c1-3-12-30-22-9-8-17(14-23(22)29-2)13-19(15-25)24(28)26-11-10-18-16-27-21-7-5-4-6-20(18)21/h3-9,13-14,16,27H,1,10-12H2,2H3,(H,26,28)/b19-13-. The first-order valence-corrected chi connectivity index (χ1v) is 9.53. The van der Waals surface area contributed by atoms with Crippen LogP contribution in [-0.4, -0.2) is 31.2 Å². The van der Waals surface area contributed by atoms with E-state index in [4.69, 9.17) is 9.47 Å². The number of para-hydroxylation sites is 1. The molecular weight excluding hydrogens is 378 g/mol. The monoisotopic (exact) mass is 401 g/mol. The average molecular weight is 401 g/mol. The van der Waals surface area contributed by atoms with Gasteiger partial charge in [0.15, 0.2) is 11.5 Å². The summed E-state index contributed by atoms with van der Waals surface area (Å²) in [6.07, 6.45) is 5.78. The number of H-pyrrole nitrogens is 1. The Kier molecular flexibility index (Phi) is 6.91. The summed E-state index contributed by atoms with van der Waals surface area (Å²) in [5.74, 6) is 0.669. The zero-order valence-corrected chi connectivity index (χ0v) is 16.8. The highest BCUT2D eigenvalue weighted by atomic mass is 16.5. The molecule has 0 aliphatic heterocycles. The third-order valence-corrected chi connectivity index (χ3v) is 4.58. The van der Waals surface area contributed by atoms with Crippen LogP contribution in [0.4, 0.5) is 0 Å². The molecule has 0 aliphatic carbocycles. The van der Waals surface area contributed by atoms with Crippen molar-refractivity contribution < 1.29 is 14.3 Å². The number of fused-ring (bicyclic) bond motifs is 1. The minimum Gasteiger partial charge on any atom is -0.493 e. The molecule has 2 aromatic carbocycles. The Labute approximate surface area is 175 Å². The largest absolute Gasteiger partial charge is 0.493 e. The van der Waals surface area contributed by atoms with Crippen molar-refractivity contribution in [2.45, 2.75) is 6.42 Å². The highest BCUT2D eigenvalue weighted by Crippen LogP contribution is 2.29. The number of nitrogens with zero attached hydrogens (tertiary/aromatic N) is 1. The lowest BCUT2D eigenvalue weighted by Crippen LogP contribution is -2.26. The number of benzene rings is 2. The first-order chi connectivity index (χ1) is 14.7. The van der Waals surface area contributed by atoms with Crippen LogP contribution in [0.1, 0.15) is 11.1 Å². The van der Waals surface area contributed by atoms with Crippen LogP contribution in [-0.2, 0) is 11.2 Å². The quantitative estimate of drug-likeness (QED) is 0.322. The Morgan fingerprint density at radius 2 is 2.10 bits per heavy atom. The normalized spacial score (nSPS) is 11.0. The molecule has 0 radical (unpaired) electrons. The molecule has 6 heteroatoms. The molecule has 1 heterocycles. The fourth-order valence-corrected chi connectivity index (χ4v) is 3.10. The van der Waals surface area contributed by atoms with E-state index in [1.807, 2.05) is 36.5 Å². The number of aromatic nitrogens is 1. The van der Waals surface area contributed by atoms with Crippen LogP contribution in [0.5, 0.6) is 11.5 Å². The van der Waals surface area contributed by atoms with Gasteiger partial charge in [-0.2, -0.15) is 5.26 Å². The van der Waals surface area contributed by atoms with E-state index in [1.54, 1.807) is 24.3 Å². The second-order valence-corrected chi connectivity index (χ2v) is 6.55. The van der Waals surface area contributed by atoms with Gasteiger partial charge in [-0.25, -0.2) is 0 Å². The third kappa shape index (κ3) is 4.89. The first kappa shape index (κ1) is 20.7. The van der Waals surface area contributed by atoms with Gasteiger partial charge in [-0.15, -0.1) is 0 Å². The van der Waals surface area contributed by atoms with Crippen molar-refractivity contribution in [2.75, 3.05) is 20.3 Å². The molecule has 1 amide bonds. The number of amides is 1. The number of nitrogens with one attached hydrogen (secondary N) is 2. The summed E-state index contributed by atoms with van der Waals surface area (Å²) in [6, 6.07) is 15.2. The van der Waals surface area contributed by atoms with Gasteiger partial charge in [-0.1, -0.05) is 36.9 Å². The molecule has 3 aromatic rings. The number of methoxy groups -OCH3 is 1. The number of rotatable bonds is 9. The second kappa shape index (κ2) is 9.99. The van der Waals surface area contributed by atoms with Crippen molar-refractivity contribution in [2.24, 2.45) is 0 Å². The predicted octanol–water partition coefficient (Wildman–Crippen LogP) is 4.01. The van der Waals surface area contributed by atoms with Gasteiger partial charge in [0.05, 0.1) is 7.11 Å². The van der Waals surface area contributed by atoms with Gasteiger partial charge in [0.2, 0.25) is 0 Å². The van der Waals surface area contributed by atoms with E-state index in [9.17, 15) is 10.1 Å². The molecule has 2 N–H and O–H groups in total. The second-order valence-electron chi connectivity index (χ2n) is 6.55. The van der Waals surface area contributed by atoms with Gasteiger partial charge in [0.25, 0.3) is 5.91 Å². The van der Waals surface area contributed by atoms with E-state index in [1.165, 1.54) is 13.2 Å². The summed E-state index contributed by atoms with van der Waals surface area (Å²) in [7, 11) is 1.53. The zero-order valence-electron chi connectivity index (χ0n) is 16.8. The maximum absolute atomic E-state index is 12.5. The molecule has 30 heavy (non-hydrogen) atoms. The molecule has 0 unspecified atom stereocenters. The molecule has 0 bridgehead atoms. The van der Waals surface area contributed by atoms with Gasteiger partial charge < -0.3 is 19.8 Å². The van der Waals surface area contributed by atoms with Gasteiger partial charge in [-0.3, -0.25) is 4.79 Å². The summed E-state index contributed by atoms with van der Waals surface area (Å²) in [5.41, 5.74) is 2.87. The van der Waals surface area contributed by atoms with Crippen LogP contribution < -0.4 is 14.8 Å². The van der Waals surface area contributed by atoms with Gasteiger partial charge >= 0.3 is 0 Å². The number of hydrogen-bond donors (Lipinski definition) is 2. The number of nitriles is 1. The molecule has 0 atom stereocenters. The fraction of sp³-hybridized carbons (Fsp3) is 0.167. The summed E-state index contributed by atoms with van der Waals surface area (Å²) < 4.78 is 10.8. The summed E-state index contributed by atoms with van der Waals surface area (Å²) in [5, 5.41) is 13.4. The van der Waals surface area contributed by atoms with E-state index >= 15 is 0 Å². The summed E-state index contributed by atoms with van der Waals surface area (Å²) >= 11 is 0. The lowest BCUT2D eigenvalue weighted by atomic mass is 10.1. The van der Waals surface area contributed by atoms with Crippen molar-refractivity contribution in [3.63, 3.8) is 0 Å². The Morgan fingerprint density at radius 1 is 1.27 bits per heavy atom. The maximum Gasteiger partial charge on any atom is 0.261 e. The molecule has 0 fully saturated rings. The Morgan fingerprint density at radius 3 is 2.87 bits per heavy atom. The maximum atomic E-state index is 12.5. The van der Waals surface area contributed by atoms with Crippen LogP contribution in [0.2, 0.25) is 0 Å². The Hall–Kier alpha value is -3.98. The molecular formula is C24H23N3O3. The number of carbonyl (C=O) groups is 1. The predicted molar refractivity (Wildman–Crippen MR) is 117 cm³/mol. The lowest BCUT2D eigenvalue weighted by Gasteiger charge is -2.10. The highest BCUT2D eigenvalue weighted by Gasteiger charge is 2.11. The highest BCUT2D eigenvalue weighted by molar-refractivity contribution is 6.01. The van der Waals surface area contributed by atoms with Crippen LogP contribution in [0, 0.1) is 11.3 Å². The number of hydrogen-bond acceptors (Lipinski definition) is 4. The third-order valence-electron chi connectivity index (χ3n) is 4.58. The molecule has 6 nitrogen and oxygen atoms in total. The van der Waals surface area contributed by atoms with E-state index in [0.29, 0.717) is 36.6 Å². The van der Waals surface area contributed by atoms with Crippen LogP contribution >= 0.6 is 0 Å². The first-order valence-electron chi connectivity index (χ1n) is 9.53. The van der Waals surface area contributed by atoms with Crippen molar-refractivity contribution in [1.82, 2.24) is 10.3 Å². The SMILES string of the molecule is C=CCOc1ccc(/C=C(/C#N)C(=O)NCCc2c[nH]c3ccccc23)cc1OC. The minimum atomic E-state index is -0.414. The van der Waals surface area contributed by atoms with Gasteiger partial charge in [0.1, 0.15) is 18.2 Å². The van der Waals surface area contributed by atoms with Crippen LogP contribution in [0.3, 0.4) is 0 Å². The zero-order chi connectivity index (χ0) is 21.3. The summed E-state index contributed by atoms with van der Waals surface area (Å²) in [6.45, 7) is 4.40. The van der Waals surface area contributed by atoms with Crippen molar-refractivity contribution in [3.8, 4) is 17.6 Å². The minimum absolute atomic E-state index is 0.0238. The topological polar surface area (TPSA) is 87.1 Å². The molecule has 0 saturated heterocycles. The fourth-order valence-electron chi connectivity index (χ4n) is 3.10. The van der Waals surface area contributed by atoms with Gasteiger partial charge in [0, 0.05) is 23.6 Å². The van der Waals surface area contributed by atoms with Crippen LogP contribution in [0.15, 0.2) is 66.9 Å². The molecule has 0 spiro atoms. The van der Waals surface area contributed by atoms with Crippen molar-refractivity contribution in [3.05, 3.63) is 78.0 Å². The van der Waals surface area contributed by atoms with Crippen molar-refractivity contribution >= 4 is 22.9 Å². The number of aromatic amines is 1. The molecule has 0 aliphatic rings. The molecule has 3 rings (SSSR count). The van der Waals surface area contributed by atoms with E-state index in [0.717, 1.165) is 16.5 Å². The van der Waals surface area contributed by atoms with E-state index in [-0.39, 0.29) is 5.57 Å². The van der Waals surface area contributed by atoms with E-state index in [2.05, 4.69) is 16.9 Å². The average Bonchev–Trinajstić information content (AvgIpc) is 3.19. The lowest BCUT2D eigenvalue weighted by molar-refractivity contribution is -0.117. The number of ether oxygens (including phenoxy) is 2. The van der Waals surface area contributed by atoms with Crippen LogP contribution in [0.25, 0.3) is 17.0 Å². The number of carbonyl (C=O) groups excluding carboxylic acids is 1. The Balaban J connectivity index is 1.66. The molecule has 0 saturated carbocycles. The molecule has 1 aromatic heterocycles. The Bertz CT molecular complexity index is 1120. The smallest absolute Gasteiger partial charge is 0.261 e. The van der Waals surface area contributed by atoms with Gasteiger partial charge in [-0.05, 0) is 41.8 Å².